The minimum Gasteiger partial charge on any atom is -0.497 e. The molecular weight excluding hydrogens is 366 g/mol. The van der Waals surface area contributed by atoms with Crippen LogP contribution in [-0.4, -0.2) is 23.9 Å². The van der Waals surface area contributed by atoms with Crippen LogP contribution in [0.2, 0.25) is 5.02 Å². The summed E-state index contributed by atoms with van der Waals surface area (Å²) in [5, 5.41) is 13.1. The number of fused-ring (bicyclic) bond motifs is 3. The van der Waals surface area contributed by atoms with Crippen molar-refractivity contribution in [1.29, 1.82) is 0 Å². The number of carbonyl (C=O) groups excluding carboxylic acids is 2. The Morgan fingerprint density at radius 1 is 1.11 bits per heavy atom. The van der Waals surface area contributed by atoms with Crippen LogP contribution in [0.5, 0.6) is 5.75 Å². The fraction of sp³-hybridized carbons (Fsp3) is 0.143. The summed E-state index contributed by atoms with van der Waals surface area (Å²) in [6, 6.07) is 15.6. The van der Waals surface area contributed by atoms with Crippen LogP contribution in [0.25, 0.3) is 10.8 Å². The van der Waals surface area contributed by atoms with Crippen LogP contribution in [0.1, 0.15) is 12.5 Å². The molecule has 5 nitrogen and oxygen atoms in total. The Morgan fingerprint density at radius 2 is 1.78 bits per heavy atom. The van der Waals surface area contributed by atoms with Gasteiger partial charge in [0.05, 0.1) is 12.8 Å². The zero-order chi connectivity index (χ0) is 19.3. The van der Waals surface area contributed by atoms with Crippen molar-refractivity contribution in [3.05, 3.63) is 65.2 Å². The van der Waals surface area contributed by atoms with Crippen LogP contribution in [-0.2, 0) is 15.2 Å². The highest BCUT2D eigenvalue weighted by molar-refractivity contribution is 6.31. The minimum absolute atomic E-state index is 0.270. The maximum atomic E-state index is 13.2. The van der Waals surface area contributed by atoms with Crippen molar-refractivity contribution in [3.63, 3.8) is 0 Å². The number of ketones is 1. The second-order valence-corrected chi connectivity index (χ2v) is 6.87. The first-order chi connectivity index (χ1) is 12.9. The number of amides is 1. The number of aliphatic hydroxyl groups is 1. The third-order valence-electron chi connectivity index (χ3n) is 4.92. The van der Waals surface area contributed by atoms with Crippen molar-refractivity contribution >= 4 is 45.4 Å². The highest BCUT2D eigenvalue weighted by atomic mass is 35.5. The molecule has 0 spiro atoms. The number of hydrogen-bond acceptors (Lipinski definition) is 4. The standard InChI is InChI=1S/C21H16ClNO4/c1-12(24)21(26)19-17-11-16(27-2)9-3-13(17)4-10-18(19)23(20(21)25)15-7-5-14(22)6-8-15/h3-11,26H,1-2H3/t21-/m1/s1. The largest absolute Gasteiger partial charge is 0.497 e. The zero-order valence-electron chi connectivity index (χ0n) is 14.7. The van der Waals surface area contributed by atoms with Gasteiger partial charge in [-0.25, -0.2) is 0 Å². The molecule has 0 unspecified atom stereocenters. The van der Waals surface area contributed by atoms with Crippen molar-refractivity contribution in [3.8, 4) is 5.75 Å². The summed E-state index contributed by atoms with van der Waals surface area (Å²) < 4.78 is 5.28. The van der Waals surface area contributed by atoms with Crippen molar-refractivity contribution in [1.82, 2.24) is 0 Å². The monoisotopic (exact) mass is 381 g/mol. The van der Waals surface area contributed by atoms with Gasteiger partial charge < -0.3 is 9.84 Å². The molecule has 1 atom stereocenters. The average molecular weight is 382 g/mol. The molecule has 0 saturated heterocycles. The predicted molar refractivity (Wildman–Crippen MR) is 104 cm³/mol. The Labute approximate surface area is 160 Å². The molecular formula is C21H16ClNO4. The van der Waals surface area contributed by atoms with E-state index in [4.69, 9.17) is 16.3 Å². The van der Waals surface area contributed by atoms with E-state index in [1.165, 1.54) is 18.9 Å². The van der Waals surface area contributed by atoms with E-state index in [-0.39, 0.29) is 5.56 Å². The molecule has 136 valence electrons. The molecule has 27 heavy (non-hydrogen) atoms. The first-order valence-corrected chi connectivity index (χ1v) is 8.70. The molecule has 4 rings (SSSR count). The van der Waals surface area contributed by atoms with E-state index in [2.05, 4.69) is 0 Å². The highest BCUT2D eigenvalue weighted by Crippen LogP contribution is 2.48. The topological polar surface area (TPSA) is 66.8 Å². The molecule has 6 heteroatoms. The van der Waals surface area contributed by atoms with Crippen molar-refractivity contribution < 1.29 is 19.4 Å². The van der Waals surface area contributed by atoms with E-state index in [1.807, 2.05) is 12.1 Å². The number of nitrogens with zero attached hydrogens (tertiary/aromatic N) is 1. The summed E-state index contributed by atoms with van der Waals surface area (Å²) in [5.41, 5.74) is -1.02. The molecule has 0 aliphatic carbocycles. The predicted octanol–water partition coefficient (Wildman–Crippen LogP) is 3.96. The summed E-state index contributed by atoms with van der Waals surface area (Å²) in [6.07, 6.45) is 0. The van der Waals surface area contributed by atoms with Gasteiger partial charge in [0.1, 0.15) is 5.75 Å². The number of rotatable bonds is 3. The van der Waals surface area contributed by atoms with E-state index in [9.17, 15) is 14.7 Å². The SMILES string of the molecule is COc1ccc2ccc3c(c2c1)[C@](O)(C(C)=O)C(=O)N3c1ccc(Cl)cc1. The van der Waals surface area contributed by atoms with Gasteiger partial charge in [0.2, 0.25) is 5.60 Å². The lowest BCUT2D eigenvalue weighted by Crippen LogP contribution is -2.43. The molecule has 0 fully saturated rings. The van der Waals surface area contributed by atoms with E-state index >= 15 is 0 Å². The molecule has 1 amide bonds. The smallest absolute Gasteiger partial charge is 0.276 e. The number of ether oxygens (including phenoxy) is 1. The van der Waals surface area contributed by atoms with Gasteiger partial charge in [0.15, 0.2) is 5.78 Å². The summed E-state index contributed by atoms with van der Waals surface area (Å²) in [5.74, 6) is -0.776. The van der Waals surface area contributed by atoms with Crippen LogP contribution < -0.4 is 9.64 Å². The fourth-order valence-corrected chi connectivity index (χ4v) is 3.66. The minimum atomic E-state index is -2.26. The fourth-order valence-electron chi connectivity index (χ4n) is 3.53. The number of Topliss-reactive ketones (excluding diaryl/α,β-unsaturated/α-hetero) is 1. The number of anilines is 2. The Hall–Kier alpha value is -2.89. The molecule has 3 aromatic carbocycles. The number of benzene rings is 3. The quantitative estimate of drug-likeness (QED) is 0.697. The third kappa shape index (κ3) is 2.43. The maximum Gasteiger partial charge on any atom is 0.276 e. The summed E-state index contributed by atoms with van der Waals surface area (Å²) >= 11 is 5.95. The molecule has 1 aliphatic rings. The van der Waals surface area contributed by atoms with Crippen LogP contribution in [0.15, 0.2) is 54.6 Å². The molecule has 0 radical (unpaired) electrons. The lowest BCUT2D eigenvalue weighted by molar-refractivity contribution is -0.148. The van der Waals surface area contributed by atoms with Crippen LogP contribution in [0, 0.1) is 0 Å². The molecule has 0 aromatic heterocycles. The summed E-state index contributed by atoms with van der Waals surface area (Å²) in [7, 11) is 1.53. The summed E-state index contributed by atoms with van der Waals surface area (Å²) in [4.78, 5) is 27.0. The zero-order valence-corrected chi connectivity index (χ0v) is 15.4. The van der Waals surface area contributed by atoms with Crippen LogP contribution in [0.4, 0.5) is 11.4 Å². The van der Waals surface area contributed by atoms with Gasteiger partial charge in [0.25, 0.3) is 5.91 Å². The first kappa shape index (κ1) is 17.5. The van der Waals surface area contributed by atoms with E-state index in [0.29, 0.717) is 27.5 Å². The second-order valence-electron chi connectivity index (χ2n) is 6.43. The van der Waals surface area contributed by atoms with E-state index in [1.54, 1.807) is 42.5 Å². The Balaban J connectivity index is 2.06. The number of methoxy groups -OCH3 is 1. The summed E-state index contributed by atoms with van der Waals surface area (Å²) in [6.45, 7) is 1.21. The van der Waals surface area contributed by atoms with Gasteiger partial charge in [0, 0.05) is 16.3 Å². The molecule has 1 heterocycles. The van der Waals surface area contributed by atoms with Gasteiger partial charge >= 0.3 is 0 Å². The van der Waals surface area contributed by atoms with Gasteiger partial charge in [-0.2, -0.15) is 0 Å². The number of carbonyl (C=O) groups is 2. The van der Waals surface area contributed by atoms with Gasteiger partial charge in [-0.3, -0.25) is 14.5 Å². The molecule has 3 aromatic rings. The molecule has 1 N–H and O–H groups in total. The maximum absolute atomic E-state index is 13.2. The van der Waals surface area contributed by atoms with Crippen molar-refractivity contribution in [2.75, 3.05) is 12.0 Å². The van der Waals surface area contributed by atoms with Gasteiger partial charge in [-0.05, 0) is 60.2 Å². The second kappa shape index (κ2) is 6.08. The van der Waals surface area contributed by atoms with E-state index in [0.717, 1.165) is 5.39 Å². The number of halogens is 1. The van der Waals surface area contributed by atoms with E-state index < -0.39 is 17.3 Å². The van der Waals surface area contributed by atoms with Crippen molar-refractivity contribution in [2.24, 2.45) is 0 Å². The van der Waals surface area contributed by atoms with Gasteiger partial charge in [-0.15, -0.1) is 0 Å². The highest BCUT2D eigenvalue weighted by Gasteiger charge is 2.54. The molecule has 1 aliphatic heterocycles. The van der Waals surface area contributed by atoms with Gasteiger partial charge in [-0.1, -0.05) is 23.7 Å². The first-order valence-electron chi connectivity index (χ1n) is 8.32. The lowest BCUT2D eigenvalue weighted by atomic mass is 9.87. The van der Waals surface area contributed by atoms with Crippen molar-refractivity contribution in [2.45, 2.75) is 12.5 Å². The van der Waals surface area contributed by atoms with Crippen LogP contribution >= 0.6 is 11.6 Å². The number of hydrogen-bond donors (Lipinski definition) is 1. The average Bonchev–Trinajstić information content (AvgIpc) is 2.91. The van der Waals surface area contributed by atoms with Crippen LogP contribution in [0.3, 0.4) is 0 Å². The normalized spacial score (nSPS) is 18.7. The Kier molecular flexibility index (Phi) is 3.94. The molecule has 0 saturated carbocycles. The Bertz CT molecular complexity index is 1090. The third-order valence-corrected chi connectivity index (χ3v) is 5.17. The Morgan fingerprint density at radius 3 is 2.41 bits per heavy atom. The lowest BCUT2D eigenvalue weighted by Gasteiger charge is -2.21. The molecule has 0 bridgehead atoms.